The lowest BCUT2D eigenvalue weighted by Gasteiger charge is -2.14. The van der Waals surface area contributed by atoms with E-state index in [0.717, 1.165) is 31.0 Å². The monoisotopic (exact) mass is 387 g/mol. The zero-order valence-electron chi connectivity index (χ0n) is 13.3. The van der Waals surface area contributed by atoms with Crippen LogP contribution < -0.4 is 5.32 Å². The average molecular weight is 387 g/mol. The first kappa shape index (κ1) is 16.0. The van der Waals surface area contributed by atoms with E-state index in [2.05, 4.69) is 62.5 Å². The van der Waals surface area contributed by atoms with Crippen LogP contribution in [0.2, 0.25) is 0 Å². The fourth-order valence-electron chi connectivity index (χ4n) is 2.46. The van der Waals surface area contributed by atoms with E-state index in [0.29, 0.717) is 17.3 Å². The summed E-state index contributed by atoms with van der Waals surface area (Å²) in [5, 5.41) is 3.47. The van der Waals surface area contributed by atoms with Gasteiger partial charge in [0.1, 0.15) is 11.6 Å². The topological polar surface area (TPSA) is 37.8 Å². The molecule has 0 aromatic carbocycles. The van der Waals surface area contributed by atoms with Gasteiger partial charge < -0.3 is 5.32 Å². The Morgan fingerprint density at radius 2 is 2.00 bits per heavy atom. The van der Waals surface area contributed by atoms with E-state index in [4.69, 9.17) is 9.97 Å². The molecule has 1 fully saturated rings. The van der Waals surface area contributed by atoms with Crippen molar-refractivity contribution in [2.45, 2.75) is 59.8 Å². The third-order valence-electron chi connectivity index (χ3n) is 3.91. The molecule has 4 heteroatoms. The molecule has 112 valence electrons. The lowest BCUT2D eigenvalue weighted by atomic mass is 10.1. The van der Waals surface area contributed by atoms with Crippen LogP contribution in [0.4, 0.5) is 5.82 Å². The average Bonchev–Trinajstić information content (AvgIpc) is 2.99. The highest BCUT2D eigenvalue weighted by Gasteiger charge is 2.48. The molecule has 3 nitrogen and oxygen atoms in total. The van der Waals surface area contributed by atoms with Crippen LogP contribution >= 0.6 is 22.6 Å². The minimum atomic E-state index is 0.379. The second-order valence-electron chi connectivity index (χ2n) is 6.96. The van der Waals surface area contributed by atoms with Crippen molar-refractivity contribution in [2.24, 2.45) is 11.3 Å². The van der Waals surface area contributed by atoms with E-state index in [1.165, 1.54) is 15.7 Å². The molecule has 0 bridgehead atoms. The van der Waals surface area contributed by atoms with E-state index >= 15 is 0 Å². The number of hydrogen-bond donors (Lipinski definition) is 1. The Balaban J connectivity index is 2.32. The molecule has 0 aliphatic heterocycles. The van der Waals surface area contributed by atoms with E-state index < -0.39 is 0 Å². The first-order valence-electron chi connectivity index (χ1n) is 7.65. The molecule has 0 saturated heterocycles. The van der Waals surface area contributed by atoms with Crippen molar-refractivity contribution in [3.63, 3.8) is 0 Å². The summed E-state index contributed by atoms with van der Waals surface area (Å²) in [5.74, 6) is 3.24. The Hall–Kier alpha value is -0.390. The van der Waals surface area contributed by atoms with Gasteiger partial charge in [-0.2, -0.15) is 0 Å². The number of hydrogen-bond acceptors (Lipinski definition) is 3. The summed E-state index contributed by atoms with van der Waals surface area (Å²) in [5.41, 5.74) is 1.59. The molecule has 0 spiro atoms. The van der Waals surface area contributed by atoms with Gasteiger partial charge in [-0.25, -0.2) is 9.97 Å². The summed E-state index contributed by atoms with van der Waals surface area (Å²) >= 11 is 2.40. The van der Waals surface area contributed by atoms with Gasteiger partial charge in [-0.3, -0.25) is 0 Å². The third-order valence-corrected chi connectivity index (χ3v) is 5.04. The molecular formula is C16H26IN3. The molecule has 0 radical (unpaired) electrons. The molecule has 1 aromatic heterocycles. The highest BCUT2D eigenvalue weighted by molar-refractivity contribution is 14.1. The highest BCUT2D eigenvalue weighted by atomic mass is 127. The highest BCUT2D eigenvalue weighted by Crippen LogP contribution is 2.57. The van der Waals surface area contributed by atoms with Crippen molar-refractivity contribution >= 4 is 28.4 Å². The summed E-state index contributed by atoms with van der Waals surface area (Å²) in [6.45, 7) is 12.3. The summed E-state index contributed by atoms with van der Waals surface area (Å²) in [6.07, 6.45) is 3.35. The smallest absolute Gasteiger partial charge is 0.143 e. The van der Waals surface area contributed by atoms with Crippen LogP contribution in [-0.2, 0) is 6.42 Å². The minimum absolute atomic E-state index is 0.379. The Labute approximate surface area is 136 Å². The van der Waals surface area contributed by atoms with E-state index in [-0.39, 0.29) is 0 Å². The van der Waals surface area contributed by atoms with E-state index in [9.17, 15) is 0 Å². The van der Waals surface area contributed by atoms with E-state index in [1.54, 1.807) is 0 Å². The summed E-state index contributed by atoms with van der Waals surface area (Å²) < 4.78 is 1.20. The van der Waals surface area contributed by atoms with Crippen molar-refractivity contribution in [3.8, 4) is 0 Å². The molecule has 1 unspecified atom stereocenters. The zero-order valence-corrected chi connectivity index (χ0v) is 15.4. The number of anilines is 1. The quantitative estimate of drug-likeness (QED) is 0.725. The standard InChI is InChI=1S/C16H26IN3/c1-6-7-18-15-13(17)12(8-10(2)3)19-14(20-15)11-9-16(11,4)5/h10-11H,6-9H2,1-5H3,(H,18,19,20). The van der Waals surface area contributed by atoms with Crippen molar-refractivity contribution in [2.75, 3.05) is 11.9 Å². The predicted octanol–water partition coefficient (Wildman–Crippen LogP) is 4.62. The minimum Gasteiger partial charge on any atom is -0.369 e. The van der Waals surface area contributed by atoms with Gasteiger partial charge in [0.2, 0.25) is 0 Å². The summed E-state index contributed by atoms with van der Waals surface area (Å²) in [6, 6.07) is 0. The van der Waals surface area contributed by atoms with Gasteiger partial charge in [0.25, 0.3) is 0 Å². The molecule has 0 amide bonds. The van der Waals surface area contributed by atoms with Crippen LogP contribution in [0.15, 0.2) is 0 Å². The van der Waals surface area contributed by atoms with Gasteiger partial charge in [-0.1, -0.05) is 34.6 Å². The SMILES string of the molecule is CCCNc1nc(C2CC2(C)C)nc(CC(C)C)c1I. The third kappa shape index (κ3) is 3.62. The van der Waals surface area contributed by atoms with Crippen LogP contribution in [0.25, 0.3) is 0 Å². The molecule has 1 heterocycles. The molecule has 1 aromatic rings. The van der Waals surface area contributed by atoms with Crippen LogP contribution in [0.5, 0.6) is 0 Å². The molecule has 1 aliphatic rings. The number of nitrogens with one attached hydrogen (secondary N) is 1. The number of halogens is 1. The Morgan fingerprint density at radius 1 is 1.35 bits per heavy atom. The van der Waals surface area contributed by atoms with Crippen LogP contribution in [0.3, 0.4) is 0 Å². The maximum atomic E-state index is 4.88. The molecule has 20 heavy (non-hydrogen) atoms. The second kappa shape index (κ2) is 6.16. The van der Waals surface area contributed by atoms with Gasteiger partial charge in [0.05, 0.1) is 9.26 Å². The fraction of sp³-hybridized carbons (Fsp3) is 0.750. The molecule has 1 aliphatic carbocycles. The molecule has 1 saturated carbocycles. The van der Waals surface area contributed by atoms with E-state index in [1.807, 2.05) is 0 Å². The first-order valence-corrected chi connectivity index (χ1v) is 8.73. The van der Waals surface area contributed by atoms with Crippen LogP contribution in [0, 0.1) is 14.9 Å². The van der Waals surface area contributed by atoms with Gasteiger partial charge >= 0.3 is 0 Å². The Bertz CT molecular complexity index is 483. The molecule has 2 rings (SSSR count). The first-order chi connectivity index (χ1) is 9.35. The number of aromatic nitrogens is 2. The maximum absolute atomic E-state index is 4.88. The van der Waals surface area contributed by atoms with Crippen LogP contribution in [0.1, 0.15) is 64.9 Å². The van der Waals surface area contributed by atoms with Crippen molar-refractivity contribution < 1.29 is 0 Å². The normalized spacial score (nSPS) is 20.2. The van der Waals surface area contributed by atoms with Gasteiger partial charge in [-0.05, 0) is 53.2 Å². The van der Waals surface area contributed by atoms with Crippen molar-refractivity contribution in [1.29, 1.82) is 0 Å². The lowest BCUT2D eigenvalue weighted by Crippen LogP contribution is -2.12. The summed E-state index contributed by atoms with van der Waals surface area (Å²) in [4.78, 5) is 9.69. The molecule has 1 N–H and O–H groups in total. The second-order valence-corrected chi connectivity index (χ2v) is 8.04. The predicted molar refractivity (Wildman–Crippen MR) is 93.2 cm³/mol. The van der Waals surface area contributed by atoms with Gasteiger partial charge in [0, 0.05) is 12.5 Å². The Kier molecular flexibility index (Phi) is 4.92. The maximum Gasteiger partial charge on any atom is 0.143 e. The largest absolute Gasteiger partial charge is 0.369 e. The van der Waals surface area contributed by atoms with Gasteiger partial charge in [0.15, 0.2) is 0 Å². The number of rotatable bonds is 6. The Morgan fingerprint density at radius 3 is 2.50 bits per heavy atom. The lowest BCUT2D eigenvalue weighted by molar-refractivity contribution is 0.597. The molecular weight excluding hydrogens is 361 g/mol. The molecule has 1 atom stereocenters. The van der Waals surface area contributed by atoms with Gasteiger partial charge in [-0.15, -0.1) is 0 Å². The summed E-state index contributed by atoms with van der Waals surface area (Å²) in [7, 11) is 0. The van der Waals surface area contributed by atoms with Crippen molar-refractivity contribution in [3.05, 3.63) is 15.1 Å². The number of nitrogens with zero attached hydrogens (tertiary/aromatic N) is 2. The van der Waals surface area contributed by atoms with Crippen molar-refractivity contribution in [1.82, 2.24) is 9.97 Å². The zero-order chi connectivity index (χ0) is 14.9. The van der Waals surface area contributed by atoms with Crippen LogP contribution in [-0.4, -0.2) is 16.5 Å². The fourth-order valence-corrected chi connectivity index (χ4v) is 3.11.